The monoisotopic (exact) mass is 523 g/mol. The summed E-state index contributed by atoms with van der Waals surface area (Å²) in [5.41, 5.74) is 0.879. The van der Waals surface area contributed by atoms with Crippen molar-refractivity contribution in [3.63, 3.8) is 0 Å². The van der Waals surface area contributed by atoms with E-state index in [1.165, 1.54) is 11.5 Å². The van der Waals surface area contributed by atoms with E-state index < -0.39 is 41.2 Å². The minimum Gasteiger partial charge on any atom is -0.414 e. The first-order chi connectivity index (χ1) is 16.2. The third kappa shape index (κ3) is 5.12. The molecule has 35 heavy (non-hydrogen) atoms. The van der Waals surface area contributed by atoms with Gasteiger partial charge < -0.3 is 23.0 Å². The summed E-state index contributed by atoms with van der Waals surface area (Å²) in [6.07, 6.45) is -0.0842. The lowest BCUT2D eigenvalue weighted by Crippen LogP contribution is -2.65. The van der Waals surface area contributed by atoms with Gasteiger partial charge in [-0.15, -0.1) is 0 Å². The molecule has 0 aromatic carbocycles. The van der Waals surface area contributed by atoms with Gasteiger partial charge in [0.15, 0.2) is 6.23 Å². The van der Waals surface area contributed by atoms with Gasteiger partial charge in [0.05, 0.1) is 6.61 Å². The van der Waals surface area contributed by atoms with Crippen LogP contribution < -0.4 is 11.0 Å². The molecule has 0 bridgehead atoms. The first-order valence-electron chi connectivity index (χ1n) is 12.5. The molecule has 1 amide bonds. The van der Waals surface area contributed by atoms with Crippen molar-refractivity contribution in [1.29, 1.82) is 0 Å². The summed E-state index contributed by atoms with van der Waals surface area (Å²) in [4.78, 5) is 28.1. The third-order valence-corrected chi connectivity index (χ3v) is 17.3. The molecule has 1 aromatic heterocycles. The van der Waals surface area contributed by atoms with Crippen molar-refractivity contribution in [3.05, 3.63) is 34.9 Å². The fourth-order valence-electron chi connectivity index (χ4n) is 5.19. The maximum absolute atomic E-state index is 12.8. The predicted molar refractivity (Wildman–Crippen MR) is 140 cm³/mol. The van der Waals surface area contributed by atoms with E-state index in [9.17, 15) is 9.59 Å². The lowest BCUT2D eigenvalue weighted by atomic mass is 10.1. The minimum atomic E-state index is -2.83. The molecule has 3 atom stereocenters. The summed E-state index contributed by atoms with van der Waals surface area (Å²) in [7, 11) is -5.53. The number of carbonyl (C=O) groups excluding carboxylic acids is 1. The molecule has 2 aliphatic heterocycles. The Morgan fingerprint density at radius 2 is 1.66 bits per heavy atom. The van der Waals surface area contributed by atoms with Crippen molar-refractivity contribution < 1.29 is 22.5 Å². The van der Waals surface area contributed by atoms with Crippen LogP contribution >= 0.6 is 0 Å². The van der Waals surface area contributed by atoms with Crippen LogP contribution in [0.3, 0.4) is 0 Å². The van der Waals surface area contributed by atoms with E-state index in [2.05, 4.69) is 72.3 Å². The highest BCUT2D eigenvalue weighted by atomic mass is 28.5. The molecule has 2 saturated heterocycles. The van der Waals surface area contributed by atoms with Crippen LogP contribution in [0.5, 0.6) is 0 Å². The number of hydrogen-bond donors (Lipinski definition) is 1. The molecule has 9 nitrogen and oxygen atoms in total. The van der Waals surface area contributed by atoms with Crippen molar-refractivity contribution in [2.45, 2.75) is 103 Å². The number of anilines is 1. The Morgan fingerprint density at radius 1 is 1.09 bits per heavy atom. The number of amides is 1. The van der Waals surface area contributed by atoms with Crippen LogP contribution in [0.4, 0.5) is 5.82 Å². The maximum Gasteiger partial charge on any atom is 0.351 e. The van der Waals surface area contributed by atoms with Gasteiger partial charge in [-0.2, -0.15) is 4.98 Å². The Kier molecular flexibility index (Phi) is 8.29. The number of hydrogen-bond acceptors (Lipinski definition) is 7. The molecule has 2 fully saturated rings. The average Bonchev–Trinajstić information content (AvgIpc) is 3.01. The fraction of sp³-hybridized carbons (Fsp3) is 0.708. The SMILES string of the molecule is C=C1C2O[Si](C(C)C)(C(C)C)O[Si](C(C)C)(C(C)C)OCC2OC1n1ccc(NC(C)=O)nc1=O. The molecule has 2 aliphatic rings. The van der Waals surface area contributed by atoms with Gasteiger partial charge in [-0.25, -0.2) is 4.79 Å². The summed E-state index contributed by atoms with van der Waals surface area (Å²) >= 11 is 0. The Labute approximate surface area is 210 Å². The summed E-state index contributed by atoms with van der Waals surface area (Å²) in [5.74, 6) is -0.107. The summed E-state index contributed by atoms with van der Waals surface area (Å²) in [5, 5.41) is 2.53. The van der Waals surface area contributed by atoms with Crippen molar-refractivity contribution in [2.24, 2.45) is 0 Å². The second kappa shape index (κ2) is 10.4. The van der Waals surface area contributed by atoms with Gasteiger partial charge in [-0.1, -0.05) is 62.0 Å². The number of rotatable bonds is 6. The zero-order chi connectivity index (χ0) is 26.3. The summed E-state index contributed by atoms with van der Waals surface area (Å²) < 4.78 is 28.7. The Bertz CT molecular complexity index is 993. The molecular formula is C24H41N3O6Si2. The predicted octanol–water partition coefficient (Wildman–Crippen LogP) is 4.61. The first-order valence-corrected chi connectivity index (χ1v) is 16.4. The minimum absolute atomic E-state index is 0.169. The molecule has 196 valence electrons. The standard InChI is InChI=1S/C24H41N3O6Si2/c1-14(2)34(15(3)4)30-13-20-22(32-35(33-34,16(5)6)17(7)8)18(9)23(31-20)27-12-11-21(25-19(10)28)26-24(27)29/h11-12,14-17,20,22-23H,9,13H2,1-8,10H3,(H,25,26,28,29). The lowest BCUT2D eigenvalue weighted by Gasteiger charge is -2.51. The number of nitrogens with zero attached hydrogens (tertiary/aromatic N) is 2. The molecule has 0 spiro atoms. The largest absolute Gasteiger partial charge is 0.414 e. The van der Waals surface area contributed by atoms with E-state index in [4.69, 9.17) is 17.7 Å². The van der Waals surface area contributed by atoms with Gasteiger partial charge in [0.1, 0.15) is 18.0 Å². The van der Waals surface area contributed by atoms with E-state index >= 15 is 0 Å². The summed E-state index contributed by atoms with van der Waals surface area (Å²) in [6, 6.07) is 1.57. The van der Waals surface area contributed by atoms with E-state index in [1.807, 2.05) is 0 Å². The zero-order valence-corrected chi connectivity index (χ0v) is 24.5. The molecule has 0 aliphatic carbocycles. The van der Waals surface area contributed by atoms with Crippen molar-refractivity contribution in [2.75, 3.05) is 11.9 Å². The number of nitrogens with one attached hydrogen (secondary N) is 1. The number of fused-ring (bicyclic) bond motifs is 1. The molecule has 3 unspecified atom stereocenters. The molecule has 0 radical (unpaired) electrons. The molecule has 11 heteroatoms. The second-order valence-electron chi connectivity index (χ2n) is 10.8. The average molecular weight is 524 g/mol. The molecule has 3 rings (SSSR count). The highest BCUT2D eigenvalue weighted by molar-refractivity contribution is 6.84. The Balaban J connectivity index is 2.04. The highest BCUT2D eigenvalue weighted by Gasteiger charge is 2.60. The second-order valence-corrected chi connectivity index (χ2v) is 19.6. The van der Waals surface area contributed by atoms with E-state index in [0.717, 1.165) is 0 Å². The number of ether oxygens (including phenoxy) is 1. The smallest absolute Gasteiger partial charge is 0.351 e. The maximum atomic E-state index is 12.8. The van der Waals surface area contributed by atoms with Gasteiger partial charge in [0, 0.05) is 18.7 Å². The quantitative estimate of drug-likeness (QED) is 0.429. The van der Waals surface area contributed by atoms with Crippen LogP contribution in [0, 0.1) is 0 Å². The van der Waals surface area contributed by atoms with Gasteiger partial charge >= 0.3 is 22.8 Å². The van der Waals surface area contributed by atoms with Crippen molar-refractivity contribution in [3.8, 4) is 0 Å². The zero-order valence-electron chi connectivity index (χ0n) is 22.5. The van der Waals surface area contributed by atoms with E-state index in [-0.39, 0.29) is 33.9 Å². The summed E-state index contributed by atoms with van der Waals surface area (Å²) in [6.45, 7) is 23.3. The Morgan fingerprint density at radius 3 is 2.14 bits per heavy atom. The topological polar surface area (TPSA) is 101 Å². The third-order valence-electron chi connectivity index (χ3n) is 7.03. The number of carbonyl (C=O) groups is 1. The molecular weight excluding hydrogens is 482 g/mol. The van der Waals surface area contributed by atoms with Crippen molar-refractivity contribution in [1.82, 2.24) is 9.55 Å². The van der Waals surface area contributed by atoms with E-state index in [1.54, 1.807) is 12.3 Å². The van der Waals surface area contributed by atoms with Gasteiger partial charge in [-0.05, 0) is 28.2 Å². The molecule has 0 saturated carbocycles. The van der Waals surface area contributed by atoms with E-state index in [0.29, 0.717) is 12.2 Å². The van der Waals surface area contributed by atoms with Gasteiger partial charge in [0.25, 0.3) is 0 Å². The van der Waals surface area contributed by atoms with Crippen LogP contribution in [-0.4, -0.2) is 51.4 Å². The molecule has 1 N–H and O–H groups in total. The number of aromatic nitrogens is 2. The van der Waals surface area contributed by atoms with Crippen LogP contribution in [-0.2, 0) is 22.5 Å². The normalized spacial score (nSPS) is 26.2. The highest BCUT2D eigenvalue weighted by Crippen LogP contribution is 2.49. The van der Waals surface area contributed by atoms with Crippen molar-refractivity contribution >= 4 is 28.8 Å². The fourth-order valence-corrected chi connectivity index (χ4v) is 16.4. The Hall–Kier alpha value is -1.64. The molecule has 3 heterocycles. The lowest BCUT2D eigenvalue weighted by molar-refractivity contribution is -0.114. The molecule has 1 aromatic rings. The van der Waals surface area contributed by atoms with Crippen LogP contribution in [0.1, 0.15) is 68.5 Å². The van der Waals surface area contributed by atoms with Crippen LogP contribution in [0.2, 0.25) is 22.2 Å². The van der Waals surface area contributed by atoms with Gasteiger partial charge in [0.2, 0.25) is 5.91 Å². The van der Waals surface area contributed by atoms with Gasteiger partial charge in [-0.3, -0.25) is 9.36 Å². The van der Waals surface area contributed by atoms with Crippen LogP contribution in [0.25, 0.3) is 0 Å². The first kappa shape index (κ1) is 27.9. The van der Waals surface area contributed by atoms with Crippen LogP contribution in [0.15, 0.2) is 29.2 Å².